The topological polar surface area (TPSA) is 102 Å². The van der Waals surface area contributed by atoms with Gasteiger partial charge in [-0.2, -0.15) is 0 Å². The average molecular weight is 595 g/mol. The van der Waals surface area contributed by atoms with Crippen molar-refractivity contribution >= 4 is 30.4 Å². The Balaban J connectivity index is 1.86. The number of aliphatic hydroxyl groups is 2. The first-order valence-electron chi connectivity index (χ1n) is 14.9. The molecule has 5 atom stereocenters. The standard InChI is InChI=1S/C34H46O7Si/c1-23-18-26(22-35)39-31(37)24(2)34(38)21-25(20-30(40-34)33(6,7)29(36)19-23)41-42(32(3,4)5,27-14-10-8-11-15-27)28-16-12-9-13-17-28/h8-17,19,24-26,30,35,38H,18,20-22H2,1-7H3/b23-19+/t24-,25-,26+,30-,34+/m1/s1. The molecule has 2 bridgehead atoms. The highest BCUT2D eigenvalue weighted by molar-refractivity contribution is 6.99. The van der Waals surface area contributed by atoms with E-state index in [1.165, 1.54) is 6.08 Å². The summed E-state index contributed by atoms with van der Waals surface area (Å²) in [6.07, 6.45) is 0.0332. The van der Waals surface area contributed by atoms with Crippen LogP contribution in [0.2, 0.25) is 5.04 Å². The molecule has 0 unspecified atom stereocenters. The second kappa shape index (κ2) is 12.2. The van der Waals surface area contributed by atoms with Crippen LogP contribution >= 0.6 is 0 Å². The van der Waals surface area contributed by atoms with Crippen LogP contribution in [-0.2, 0) is 23.5 Å². The number of allylic oxidation sites excluding steroid dienone is 1. The van der Waals surface area contributed by atoms with Crippen LogP contribution in [0.15, 0.2) is 72.3 Å². The van der Waals surface area contributed by atoms with Gasteiger partial charge in [-0.15, -0.1) is 0 Å². The second-order valence-corrected chi connectivity index (χ2v) is 17.8. The van der Waals surface area contributed by atoms with Crippen LogP contribution in [0, 0.1) is 11.3 Å². The zero-order valence-corrected chi connectivity index (χ0v) is 26.9. The van der Waals surface area contributed by atoms with Gasteiger partial charge in [0.15, 0.2) is 11.6 Å². The van der Waals surface area contributed by atoms with Gasteiger partial charge in [0.1, 0.15) is 12.0 Å². The molecule has 7 nitrogen and oxygen atoms in total. The number of ether oxygens (including phenoxy) is 2. The molecule has 2 aromatic rings. The Morgan fingerprint density at radius 3 is 2.05 bits per heavy atom. The maximum atomic E-state index is 13.7. The molecule has 0 saturated carbocycles. The van der Waals surface area contributed by atoms with Crippen LogP contribution in [0.1, 0.15) is 67.7 Å². The molecule has 0 amide bonds. The minimum Gasteiger partial charge on any atom is -0.459 e. The molecule has 0 spiro atoms. The highest BCUT2D eigenvalue weighted by Crippen LogP contribution is 2.45. The van der Waals surface area contributed by atoms with Gasteiger partial charge in [-0.25, -0.2) is 0 Å². The van der Waals surface area contributed by atoms with Gasteiger partial charge in [0, 0.05) is 12.8 Å². The fraction of sp³-hybridized carbons (Fsp3) is 0.529. The zero-order valence-electron chi connectivity index (χ0n) is 25.9. The Labute approximate surface area is 251 Å². The summed E-state index contributed by atoms with van der Waals surface area (Å²) in [6.45, 7) is 13.1. The van der Waals surface area contributed by atoms with E-state index in [2.05, 4.69) is 45.0 Å². The lowest BCUT2D eigenvalue weighted by molar-refractivity contribution is -0.305. The lowest BCUT2D eigenvalue weighted by Gasteiger charge is -2.51. The maximum absolute atomic E-state index is 13.7. The number of hydrogen-bond acceptors (Lipinski definition) is 7. The molecule has 228 valence electrons. The third kappa shape index (κ3) is 6.19. The van der Waals surface area contributed by atoms with Gasteiger partial charge in [0.25, 0.3) is 8.32 Å². The lowest BCUT2D eigenvalue weighted by Crippen LogP contribution is -2.69. The van der Waals surface area contributed by atoms with Gasteiger partial charge in [0.05, 0.1) is 24.2 Å². The summed E-state index contributed by atoms with van der Waals surface area (Å²) in [5, 5.41) is 23.9. The Hall–Kier alpha value is -2.62. The quantitative estimate of drug-likeness (QED) is 0.394. The van der Waals surface area contributed by atoms with E-state index in [1.807, 2.05) is 50.2 Å². The SMILES string of the molecule is C/C1=C\C(=O)C(C)(C)[C@H]2C[C@@H](O[Si](c3ccccc3)(c3ccccc3)C(C)(C)C)C[C@](O)(O2)[C@H](C)C(=O)O[C@H](CO)C1. The molecule has 0 aromatic heterocycles. The van der Waals surface area contributed by atoms with Crippen molar-refractivity contribution in [2.24, 2.45) is 11.3 Å². The van der Waals surface area contributed by atoms with Crippen molar-refractivity contribution in [1.82, 2.24) is 0 Å². The number of benzene rings is 2. The predicted octanol–water partition coefficient (Wildman–Crippen LogP) is 4.28. The minimum atomic E-state index is -3.03. The van der Waals surface area contributed by atoms with Crippen LogP contribution in [0.4, 0.5) is 0 Å². The van der Waals surface area contributed by atoms with E-state index in [1.54, 1.807) is 13.8 Å². The number of hydrogen-bond donors (Lipinski definition) is 2. The van der Waals surface area contributed by atoms with E-state index >= 15 is 0 Å². The van der Waals surface area contributed by atoms with E-state index in [4.69, 9.17) is 13.9 Å². The molecule has 0 aliphatic carbocycles. The zero-order chi connectivity index (χ0) is 30.9. The van der Waals surface area contributed by atoms with Gasteiger partial charge in [-0.3, -0.25) is 9.59 Å². The molecular weight excluding hydrogens is 548 g/mol. The molecule has 2 aliphatic rings. The van der Waals surface area contributed by atoms with Crippen molar-refractivity contribution in [3.8, 4) is 0 Å². The van der Waals surface area contributed by atoms with Crippen LogP contribution in [0.3, 0.4) is 0 Å². The smallest absolute Gasteiger partial charge is 0.314 e. The predicted molar refractivity (Wildman–Crippen MR) is 165 cm³/mol. The summed E-state index contributed by atoms with van der Waals surface area (Å²) in [6, 6.07) is 20.5. The fourth-order valence-corrected chi connectivity index (χ4v) is 11.0. The summed E-state index contributed by atoms with van der Waals surface area (Å²) in [5.74, 6) is -3.87. The van der Waals surface area contributed by atoms with Crippen LogP contribution in [0.25, 0.3) is 0 Å². The van der Waals surface area contributed by atoms with Crippen LogP contribution in [-0.4, -0.2) is 61.0 Å². The Morgan fingerprint density at radius 1 is 1.00 bits per heavy atom. The third-order valence-corrected chi connectivity index (χ3v) is 14.1. The van der Waals surface area contributed by atoms with Crippen molar-refractivity contribution in [3.05, 3.63) is 72.3 Å². The fourth-order valence-electron chi connectivity index (χ4n) is 6.32. The molecule has 1 saturated heterocycles. The molecule has 2 aliphatic heterocycles. The number of cyclic esters (lactones) is 1. The minimum absolute atomic E-state index is 0.0210. The summed E-state index contributed by atoms with van der Waals surface area (Å²) in [7, 11) is -3.03. The van der Waals surface area contributed by atoms with Crippen molar-refractivity contribution in [1.29, 1.82) is 0 Å². The highest BCUT2D eigenvalue weighted by Gasteiger charge is 2.57. The molecular formula is C34H46O7Si. The highest BCUT2D eigenvalue weighted by atomic mass is 28.4. The Bertz CT molecular complexity index is 1240. The number of esters is 1. The van der Waals surface area contributed by atoms with Crippen LogP contribution in [0.5, 0.6) is 0 Å². The first kappa shape index (κ1) is 32.3. The number of carbonyl (C=O) groups excluding carboxylic acids is 2. The molecule has 2 N–H and O–H groups in total. The molecule has 4 rings (SSSR count). The first-order valence-corrected chi connectivity index (χ1v) is 16.8. The number of rotatable bonds is 5. The van der Waals surface area contributed by atoms with E-state index in [0.29, 0.717) is 12.0 Å². The van der Waals surface area contributed by atoms with Crippen LogP contribution < -0.4 is 10.4 Å². The molecule has 8 heteroatoms. The number of carbonyl (C=O) groups is 2. The van der Waals surface area contributed by atoms with Gasteiger partial charge < -0.3 is 24.1 Å². The normalized spacial score (nSPS) is 30.4. The Kier molecular flexibility index (Phi) is 9.36. The molecule has 0 radical (unpaired) electrons. The van der Waals surface area contributed by atoms with Crippen molar-refractivity contribution < 1.29 is 33.7 Å². The van der Waals surface area contributed by atoms with Gasteiger partial charge in [-0.05, 0) is 41.8 Å². The number of aliphatic hydroxyl groups excluding tert-OH is 1. The summed E-state index contributed by atoms with van der Waals surface area (Å²) >= 11 is 0. The summed E-state index contributed by atoms with van der Waals surface area (Å²) in [5.41, 5.74) is -0.334. The summed E-state index contributed by atoms with van der Waals surface area (Å²) in [4.78, 5) is 27.0. The third-order valence-electron chi connectivity index (χ3n) is 8.99. The molecule has 42 heavy (non-hydrogen) atoms. The number of ketones is 1. The Morgan fingerprint density at radius 2 is 1.55 bits per heavy atom. The van der Waals surface area contributed by atoms with E-state index < -0.39 is 56.3 Å². The molecule has 1 fully saturated rings. The average Bonchev–Trinajstić information content (AvgIpc) is 2.94. The van der Waals surface area contributed by atoms with Crippen molar-refractivity contribution in [3.63, 3.8) is 0 Å². The lowest BCUT2D eigenvalue weighted by atomic mass is 9.75. The molecule has 2 heterocycles. The largest absolute Gasteiger partial charge is 0.459 e. The second-order valence-electron chi connectivity index (χ2n) is 13.5. The van der Waals surface area contributed by atoms with Gasteiger partial charge >= 0.3 is 5.97 Å². The van der Waals surface area contributed by atoms with E-state index in [9.17, 15) is 19.8 Å². The number of fused-ring (bicyclic) bond motifs is 2. The maximum Gasteiger partial charge on any atom is 0.314 e. The van der Waals surface area contributed by atoms with Gasteiger partial charge in [0.2, 0.25) is 0 Å². The monoisotopic (exact) mass is 594 g/mol. The first-order chi connectivity index (χ1) is 19.6. The van der Waals surface area contributed by atoms with Gasteiger partial charge in [-0.1, -0.05) is 101 Å². The van der Waals surface area contributed by atoms with Crippen molar-refractivity contribution in [2.45, 2.75) is 96.9 Å². The van der Waals surface area contributed by atoms with E-state index in [0.717, 1.165) is 10.4 Å². The molecule has 2 aromatic carbocycles. The van der Waals surface area contributed by atoms with E-state index in [-0.39, 0.29) is 23.7 Å². The van der Waals surface area contributed by atoms with Crippen molar-refractivity contribution in [2.75, 3.05) is 6.61 Å². The summed E-state index contributed by atoms with van der Waals surface area (Å²) < 4.78 is 19.4.